The van der Waals surface area contributed by atoms with Crippen molar-refractivity contribution in [1.82, 2.24) is 15.1 Å². The zero-order valence-corrected chi connectivity index (χ0v) is 15.7. The summed E-state index contributed by atoms with van der Waals surface area (Å²) in [5.41, 5.74) is 0. The largest absolute Gasteiger partial charge is 0.342 e. The second-order valence-corrected chi connectivity index (χ2v) is 8.59. The fourth-order valence-electron chi connectivity index (χ4n) is 2.95. The van der Waals surface area contributed by atoms with Crippen molar-refractivity contribution in [3.05, 3.63) is 0 Å². The number of aromatic nitrogens is 2. The molecule has 0 radical (unpaired) electrons. The third-order valence-corrected chi connectivity index (χ3v) is 6.42. The van der Waals surface area contributed by atoms with Crippen LogP contribution in [0.2, 0.25) is 0 Å². The molecule has 132 valence electrons. The van der Waals surface area contributed by atoms with Crippen molar-refractivity contribution in [3.63, 3.8) is 0 Å². The highest BCUT2D eigenvalue weighted by molar-refractivity contribution is 8.01. The summed E-state index contributed by atoms with van der Waals surface area (Å²) >= 11 is 2.84. The second kappa shape index (κ2) is 8.29. The smallest absolute Gasteiger partial charge is 0.233 e. The van der Waals surface area contributed by atoms with E-state index in [1.165, 1.54) is 42.4 Å². The van der Waals surface area contributed by atoms with Crippen molar-refractivity contribution in [2.75, 3.05) is 23.7 Å². The maximum absolute atomic E-state index is 12.4. The van der Waals surface area contributed by atoms with Gasteiger partial charge in [-0.05, 0) is 25.7 Å². The quantitative estimate of drug-likeness (QED) is 0.590. The molecule has 0 atom stereocenters. The molecule has 0 N–H and O–H groups in total. The first kappa shape index (κ1) is 17.7. The lowest BCUT2D eigenvalue weighted by atomic mass is 10.1. The molecular weight excluding hydrogens is 344 g/mol. The Kier molecular flexibility index (Phi) is 6.10. The highest BCUT2D eigenvalue weighted by Gasteiger charge is 2.34. The second-order valence-electron chi connectivity index (χ2n) is 6.41. The van der Waals surface area contributed by atoms with E-state index in [1.54, 1.807) is 11.8 Å². The Balaban J connectivity index is 1.52. The topological polar surface area (TPSA) is 66.4 Å². The molecule has 2 fully saturated rings. The van der Waals surface area contributed by atoms with E-state index in [0.29, 0.717) is 10.9 Å². The van der Waals surface area contributed by atoms with Crippen molar-refractivity contribution in [2.24, 2.45) is 0 Å². The average Bonchev–Trinajstić information content (AvgIpc) is 3.22. The first-order valence-electron chi connectivity index (χ1n) is 8.69. The third-order valence-electron chi connectivity index (χ3n) is 4.38. The molecule has 2 aliphatic rings. The minimum Gasteiger partial charge on any atom is -0.342 e. The number of amides is 2. The molecule has 1 aromatic heterocycles. The summed E-state index contributed by atoms with van der Waals surface area (Å²) in [6, 6.07) is 0.288. The molecule has 6 nitrogen and oxygen atoms in total. The molecule has 24 heavy (non-hydrogen) atoms. The van der Waals surface area contributed by atoms with E-state index in [9.17, 15) is 9.59 Å². The number of hydrogen-bond acceptors (Lipinski definition) is 6. The molecular formula is C16H24N4O2S2. The van der Waals surface area contributed by atoms with Gasteiger partial charge in [0.2, 0.25) is 16.9 Å². The van der Waals surface area contributed by atoms with Gasteiger partial charge in [0.1, 0.15) is 0 Å². The van der Waals surface area contributed by atoms with Crippen LogP contribution in [0.4, 0.5) is 5.13 Å². The van der Waals surface area contributed by atoms with Crippen molar-refractivity contribution >= 4 is 40.0 Å². The Labute approximate surface area is 151 Å². The maximum atomic E-state index is 12.4. The fourth-order valence-corrected chi connectivity index (χ4v) is 4.81. The molecule has 1 saturated carbocycles. The first-order chi connectivity index (χ1) is 11.6. The van der Waals surface area contributed by atoms with E-state index in [0.717, 1.165) is 43.1 Å². The number of nitrogens with zero attached hydrogens (tertiary/aromatic N) is 4. The van der Waals surface area contributed by atoms with E-state index < -0.39 is 0 Å². The van der Waals surface area contributed by atoms with Gasteiger partial charge in [-0.15, -0.1) is 10.2 Å². The van der Waals surface area contributed by atoms with Crippen LogP contribution in [-0.2, 0) is 9.59 Å². The number of anilines is 1. The molecule has 3 rings (SSSR count). The Morgan fingerprint density at radius 2 is 1.83 bits per heavy atom. The van der Waals surface area contributed by atoms with E-state index >= 15 is 0 Å². The van der Waals surface area contributed by atoms with E-state index in [2.05, 4.69) is 10.2 Å². The van der Waals surface area contributed by atoms with E-state index in [-0.39, 0.29) is 17.9 Å². The van der Waals surface area contributed by atoms with Gasteiger partial charge < -0.3 is 4.90 Å². The Bertz CT molecular complexity index is 580. The van der Waals surface area contributed by atoms with Crippen LogP contribution >= 0.6 is 23.1 Å². The van der Waals surface area contributed by atoms with Gasteiger partial charge in [0.25, 0.3) is 0 Å². The van der Waals surface area contributed by atoms with Gasteiger partial charge in [-0.2, -0.15) is 0 Å². The van der Waals surface area contributed by atoms with Crippen molar-refractivity contribution < 1.29 is 9.59 Å². The molecule has 0 unspecified atom stereocenters. The van der Waals surface area contributed by atoms with Crippen LogP contribution in [0.5, 0.6) is 0 Å². The Hall–Kier alpha value is -1.15. The molecule has 1 aliphatic heterocycles. The normalized spacial score (nSPS) is 18.8. The summed E-state index contributed by atoms with van der Waals surface area (Å²) in [5.74, 6) is 0.601. The van der Waals surface area contributed by atoms with Crippen molar-refractivity contribution in [2.45, 2.75) is 62.3 Å². The fraction of sp³-hybridized carbons (Fsp3) is 0.750. The number of hydrogen-bond donors (Lipinski definition) is 0. The highest BCUT2D eigenvalue weighted by atomic mass is 32.2. The SMILES string of the molecule is CC(=O)N(c1nnc(SCC(=O)N2CCCCCCC2)s1)C1CC1. The van der Waals surface area contributed by atoms with Gasteiger partial charge in [-0.3, -0.25) is 14.5 Å². The highest BCUT2D eigenvalue weighted by Crippen LogP contribution is 2.35. The molecule has 2 amide bonds. The first-order valence-corrected chi connectivity index (χ1v) is 10.5. The van der Waals surface area contributed by atoms with Crippen molar-refractivity contribution in [3.8, 4) is 0 Å². The van der Waals surface area contributed by atoms with Crippen LogP contribution in [0.1, 0.15) is 51.9 Å². The lowest BCUT2D eigenvalue weighted by Crippen LogP contribution is -2.35. The van der Waals surface area contributed by atoms with Gasteiger partial charge in [0, 0.05) is 26.1 Å². The third kappa shape index (κ3) is 4.69. The minimum atomic E-state index is 0.0157. The summed E-state index contributed by atoms with van der Waals surface area (Å²) in [4.78, 5) is 27.9. The van der Waals surface area contributed by atoms with Crippen LogP contribution in [0, 0.1) is 0 Å². The molecule has 0 spiro atoms. The maximum Gasteiger partial charge on any atom is 0.233 e. The predicted octanol–water partition coefficient (Wildman–Crippen LogP) is 2.94. The number of thioether (sulfide) groups is 1. The zero-order valence-electron chi connectivity index (χ0n) is 14.1. The van der Waals surface area contributed by atoms with Gasteiger partial charge in [0.15, 0.2) is 4.34 Å². The van der Waals surface area contributed by atoms with Crippen LogP contribution in [0.3, 0.4) is 0 Å². The minimum absolute atomic E-state index is 0.0157. The molecule has 0 bridgehead atoms. The number of carbonyl (C=O) groups excluding carboxylic acids is 2. The van der Waals surface area contributed by atoms with Crippen LogP contribution in [0.15, 0.2) is 4.34 Å². The number of rotatable bonds is 5. The zero-order chi connectivity index (χ0) is 16.9. The molecule has 1 aromatic rings. The predicted molar refractivity (Wildman–Crippen MR) is 96.5 cm³/mol. The number of carbonyl (C=O) groups is 2. The molecule has 8 heteroatoms. The Morgan fingerprint density at radius 1 is 1.17 bits per heavy atom. The lowest BCUT2D eigenvalue weighted by molar-refractivity contribution is -0.128. The van der Waals surface area contributed by atoms with E-state index in [4.69, 9.17) is 0 Å². The summed E-state index contributed by atoms with van der Waals surface area (Å²) in [7, 11) is 0. The summed E-state index contributed by atoms with van der Waals surface area (Å²) in [6.45, 7) is 3.32. The summed E-state index contributed by atoms with van der Waals surface area (Å²) < 4.78 is 0.761. The van der Waals surface area contributed by atoms with E-state index in [1.807, 2.05) is 4.90 Å². The average molecular weight is 369 g/mol. The van der Waals surface area contributed by atoms with Crippen LogP contribution in [-0.4, -0.2) is 51.8 Å². The standard InChI is InChI=1S/C16H24N4O2S2/c1-12(21)20(13-7-8-13)15-17-18-16(24-15)23-11-14(22)19-9-5-3-2-4-6-10-19/h13H,2-11H2,1H3. The van der Waals surface area contributed by atoms with Gasteiger partial charge in [-0.25, -0.2) is 0 Å². The molecule has 1 saturated heterocycles. The number of likely N-dealkylation sites (tertiary alicyclic amines) is 1. The van der Waals surface area contributed by atoms with Crippen LogP contribution in [0.25, 0.3) is 0 Å². The van der Waals surface area contributed by atoms with Crippen molar-refractivity contribution in [1.29, 1.82) is 0 Å². The molecule has 1 aliphatic carbocycles. The van der Waals surface area contributed by atoms with Crippen LogP contribution < -0.4 is 4.90 Å². The van der Waals surface area contributed by atoms with Gasteiger partial charge in [-0.1, -0.05) is 42.4 Å². The Morgan fingerprint density at radius 3 is 2.46 bits per heavy atom. The lowest BCUT2D eigenvalue weighted by Gasteiger charge is -2.24. The summed E-state index contributed by atoms with van der Waals surface area (Å²) in [6.07, 6.45) is 8.02. The molecule has 2 heterocycles. The van der Waals surface area contributed by atoms with Gasteiger partial charge >= 0.3 is 0 Å². The monoisotopic (exact) mass is 368 g/mol. The van der Waals surface area contributed by atoms with Gasteiger partial charge in [0.05, 0.1) is 5.75 Å². The molecule has 0 aromatic carbocycles. The summed E-state index contributed by atoms with van der Waals surface area (Å²) in [5, 5.41) is 8.95.